The van der Waals surface area contributed by atoms with E-state index in [0.29, 0.717) is 12.6 Å². The van der Waals surface area contributed by atoms with Gasteiger partial charge in [0.2, 0.25) is 0 Å². The lowest BCUT2D eigenvalue weighted by atomic mass is 9.70. The molecule has 0 spiro atoms. The van der Waals surface area contributed by atoms with Crippen molar-refractivity contribution < 1.29 is 5.11 Å². The SMILES string of the molecule is CC1CCC(CO)(CN2c3ccccc3CCC2C)CC1. The molecule has 0 saturated heterocycles. The average molecular weight is 287 g/mol. The second-order valence-electron chi connectivity index (χ2n) is 7.48. The number of rotatable bonds is 3. The second-order valence-corrected chi connectivity index (χ2v) is 7.48. The third-order valence-electron chi connectivity index (χ3n) is 5.84. The summed E-state index contributed by atoms with van der Waals surface area (Å²) in [4.78, 5) is 2.57. The molecule has 0 bridgehead atoms. The van der Waals surface area contributed by atoms with E-state index in [4.69, 9.17) is 0 Å². The Hall–Kier alpha value is -1.02. The van der Waals surface area contributed by atoms with Gasteiger partial charge in [-0.1, -0.05) is 38.0 Å². The van der Waals surface area contributed by atoms with E-state index in [2.05, 4.69) is 43.0 Å². The van der Waals surface area contributed by atoms with Gasteiger partial charge < -0.3 is 10.0 Å². The molecular weight excluding hydrogens is 258 g/mol. The predicted molar refractivity (Wildman–Crippen MR) is 88.7 cm³/mol. The van der Waals surface area contributed by atoms with Crippen LogP contribution in [-0.2, 0) is 6.42 Å². The zero-order chi connectivity index (χ0) is 14.9. The number of nitrogens with zero attached hydrogens (tertiary/aromatic N) is 1. The van der Waals surface area contributed by atoms with Crippen molar-refractivity contribution in [1.82, 2.24) is 0 Å². The van der Waals surface area contributed by atoms with E-state index in [1.165, 1.54) is 49.8 Å². The van der Waals surface area contributed by atoms with Crippen molar-refractivity contribution in [3.05, 3.63) is 29.8 Å². The highest BCUT2D eigenvalue weighted by Gasteiger charge is 2.37. The van der Waals surface area contributed by atoms with Gasteiger partial charge in [0.15, 0.2) is 0 Å². The number of para-hydroxylation sites is 1. The van der Waals surface area contributed by atoms with E-state index in [1.54, 1.807) is 0 Å². The first-order valence-corrected chi connectivity index (χ1v) is 8.59. The minimum absolute atomic E-state index is 0.116. The Bertz CT molecular complexity index is 476. The molecule has 1 aliphatic heterocycles. The molecule has 2 aliphatic rings. The Morgan fingerprint density at radius 1 is 1.14 bits per heavy atom. The maximum Gasteiger partial charge on any atom is 0.0504 e. The first kappa shape index (κ1) is 14.9. The summed E-state index contributed by atoms with van der Waals surface area (Å²) in [5.74, 6) is 0.829. The molecule has 116 valence electrons. The normalized spacial score (nSPS) is 32.8. The highest BCUT2D eigenvalue weighted by molar-refractivity contribution is 5.56. The van der Waals surface area contributed by atoms with Gasteiger partial charge >= 0.3 is 0 Å². The van der Waals surface area contributed by atoms with Gasteiger partial charge in [-0.05, 0) is 50.2 Å². The molecule has 1 aromatic carbocycles. The van der Waals surface area contributed by atoms with Gasteiger partial charge in [-0.3, -0.25) is 0 Å². The van der Waals surface area contributed by atoms with Crippen LogP contribution in [0.4, 0.5) is 5.69 Å². The van der Waals surface area contributed by atoms with E-state index in [9.17, 15) is 5.11 Å². The molecule has 1 atom stereocenters. The third kappa shape index (κ3) is 2.96. The zero-order valence-corrected chi connectivity index (χ0v) is 13.5. The summed E-state index contributed by atoms with van der Waals surface area (Å²) in [7, 11) is 0. The molecule has 0 radical (unpaired) electrons. The lowest BCUT2D eigenvalue weighted by molar-refractivity contribution is 0.0710. The molecule has 0 aromatic heterocycles. The number of anilines is 1. The Morgan fingerprint density at radius 2 is 1.86 bits per heavy atom. The van der Waals surface area contributed by atoms with Gasteiger partial charge in [0.05, 0.1) is 6.61 Å². The summed E-state index contributed by atoms with van der Waals surface area (Å²) >= 11 is 0. The van der Waals surface area contributed by atoms with E-state index in [-0.39, 0.29) is 5.41 Å². The van der Waals surface area contributed by atoms with E-state index in [1.807, 2.05) is 0 Å². The summed E-state index contributed by atoms with van der Waals surface area (Å²) in [6.45, 7) is 6.05. The van der Waals surface area contributed by atoms with E-state index >= 15 is 0 Å². The monoisotopic (exact) mass is 287 g/mol. The Kier molecular flexibility index (Phi) is 4.26. The molecule has 1 aliphatic carbocycles. The van der Waals surface area contributed by atoms with Crippen LogP contribution < -0.4 is 4.90 Å². The molecule has 0 amide bonds. The molecule has 2 heteroatoms. The predicted octanol–water partition coefficient (Wildman–Crippen LogP) is 4.02. The standard InChI is InChI=1S/C19H29NO/c1-15-9-11-19(14-21,12-10-15)13-20-16(2)7-8-17-5-3-4-6-18(17)20/h3-6,15-16,21H,7-14H2,1-2H3. The van der Waals surface area contributed by atoms with Gasteiger partial charge in [-0.2, -0.15) is 0 Å². The van der Waals surface area contributed by atoms with Crippen LogP contribution in [0.2, 0.25) is 0 Å². The lowest BCUT2D eigenvalue weighted by Gasteiger charge is -2.46. The van der Waals surface area contributed by atoms with Crippen LogP contribution in [0.15, 0.2) is 24.3 Å². The van der Waals surface area contributed by atoms with Crippen LogP contribution in [0, 0.1) is 11.3 Å². The van der Waals surface area contributed by atoms with Gasteiger partial charge in [0.25, 0.3) is 0 Å². The number of aryl methyl sites for hydroxylation is 1. The molecule has 1 heterocycles. The molecule has 1 fully saturated rings. The molecule has 2 nitrogen and oxygen atoms in total. The van der Waals surface area contributed by atoms with Crippen LogP contribution in [0.25, 0.3) is 0 Å². The first-order valence-electron chi connectivity index (χ1n) is 8.59. The van der Waals surface area contributed by atoms with Crippen LogP contribution in [0.5, 0.6) is 0 Å². The van der Waals surface area contributed by atoms with Crippen molar-refractivity contribution in [2.45, 2.75) is 58.4 Å². The zero-order valence-electron chi connectivity index (χ0n) is 13.5. The van der Waals surface area contributed by atoms with Crippen molar-refractivity contribution in [2.24, 2.45) is 11.3 Å². The summed E-state index contributed by atoms with van der Waals surface area (Å²) < 4.78 is 0. The van der Waals surface area contributed by atoms with Gasteiger partial charge in [0.1, 0.15) is 0 Å². The highest BCUT2D eigenvalue weighted by atomic mass is 16.3. The second kappa shape index (κ2) is 6.00. The maximum atomic E-state index is 10.1. The molecular formula is C19H29NO. The largest absolute Gasteiger partial charge is 0.396 e. The van der Waals surface area contributed by atoms with Crippen molar-refractivity contribution in [3.63, 3.8) is 0 Å². The van der Waals surface area contributed by atoms with Crippen LogP contribution in [0.1, 0.15) is 51.5 Å². The average Bonchev–Trinajstić information content (AvgIpc) is 2.52. The molecule has 1 unspecified atom stereocenters. The number of hydrogen-bond acceptors (Lipinski definition) is 2. The fourth-order valence-electron chi connectivity index (χ4n) is 4.10. The van der Waals surface area contributed by atoms with Gasteiger partial charge in [-0.25, -0.2) is 0 Å². The van der Waals surface area contributed by atoms with Crippen molar-refractivity contribution in [3.8, 4) is 0 Å². The van der Waals surface area contributed by atoms with E-state index < -0.39 is 0 Å². The summed E-state index contributed by atoms with van der Waals surface area (Å²) in [5, 5.41) is 10.1. The molecule has 1 N–H and O–H groups in total. The van der Waals surface area contributed by atoms with Crippen LogP contribution in [0.3, 0.4) is 0 Å². The Labute approximate surface area is 129 Å². The van der Waals surface area contributed by atoms with Crippen molar-refractivity contribution in [2.75, 3.05) is 18.1 Å². The van der Waals surface area contributed by atoms with Crippen LogP contribution in [-0.4, -0.2) is 24.3 Å². The van der Waals surface area contributed by atoms with Gasteiger partial charge in [0, 0.05) is 23.7 Å². The number of benzene rings is 1. The number of aliphatic hydroxyl groups is 1. The molecule has 1 aromatic rings. The molecule has 21 heavy (non-hydrogen) atoms. The quantitative estimate of drug-likeness (QED) is 0.907. The lowest BCUT2D eigenvalue weighted by Crippen LogP contribution is -2.47. The Morgan fingerprint density at radius 3 is 2.57 bits per heavy atom. The van der Waals surface area contributed by atoms with Crippen molar-refractivity contribution >= 4 is 5.69 Å². The summed E-state index contributed by atoms with van der Waals surface area (Å²) in [6, 6.07) is 9.42. The smallest absolute Gasteiger partial charge is 0.0504 e. The third-order valence-corrected chi connectivity index (χ3v) is 5.84. The minimum Gasteiger partial charge on any atom is -0.396 e. The minimum atomic E-state index is 0.116. The maximum absolute atomic E-state index is 10.1. The highest BCUT2D eigenvalue weighted by Crippen LogP contribution is 2.42. The number of fused-ring (bicyclic) bond motifs is 1. The fourth-order valence-corrected chi connectivity index (χ4v) is 4.10. The first-order chi connectivity index (χ1) is 10.1. The van der Waals surface area contributed by atoms with Gasteiger partial charge in [-0.15, -0.1) is 0 Å². The van der Waals surface area contributed by atoms with Crippen LogP contribution >= 0.6 is 0 Å². The number of hydrogen-bond donors (Lipinski definition) is 1. The molecule has 1 saturated carbocycles. The summed E-state index contributed by atoms with van der Waals surface area (Å²) in [5.41, 5.74) is 3.00. The summed E-state index contributed by atoms with van der Waals surface area (Å²) in [6.07, 6.45) is 7.31. The molecule has 3 rings (SSSR count). The van der Waals surface area contributed by atoms with E-state index in [0.717, 1.165) is 12.5 Å². The fraction of sp³-hybridized carbons (Fsp3) is 0.684. The van der Waals surface area contributed by atoms with Crippen molar-refractivity contribution in [1.29, 1.82) is 0 Å². The Balaban J connectivity index is 1.82. The topological polar surface area (TPSA) is 23.5 Å². The number of aliphatic hydroxyl groups excluding tert-OH is 1.